The number of carbonyl (C=O) groups is 2. The maximum absolute atomic E-state index is 12.3. The van der Waals surface area contributed by atoms with Crippen LogP contribution in [-0.2, 0) is 9.53 Å². The largest absolute Gasteiger partial charge is 0.462 e. The monoisotopic (exact) mass is 402 g/mol. The van der Waals surface area contributed by atoms with Crippen LogP contribution in [0.15, 0.2) is 35.2 Å². The van der Waals surface area contributed by atoms with Crippen molar-refractivity contribution >= 4 is 35.0 Å². The van der Waals surface area contributed by atoms with Gasteiger partial charge in [0.1, 0.15) is 0 Å². The number of rotatable bonds is 7. The van der Waals surface area contributed by atoms with E-state index in [0.29, 0.717) is 4.90 Å². The molecule has 0 fully saturated rings. The molecule has 0 bridgehead atoms. The Bertz CT molecular complexity index is 904. The summed E-state index contributed by atoms with van der Waals surface area (Å²) in [6.45, 7) is 7.66. The molecule has 1 amide bonds. The van der Waals surface area contributed by atoms with Gasteiger partial charge in [-0.05, 0) is 51.0 Å². The molecule has 0 saturated heterocycles. The lowest BCUT2D eigenvalue weighted by Crippen LogP contribution is -2.16. The van der Waals surface area contributed by atoms with Crippen LogP contribution in [0.5, 0.6) is 0 Å². The molecule has 0 unspecified atom stereocenters. The third-order valence-electron chi connectivity index (χ3n) is 3.97. The van der Waals surface area contributed by atoms with E-state index in [1.807, 2.05) is 32.9 Å². The zero-order chi connectivity index (χ0) is 20.8. The molecule has 148 valence electrons. The van der Waals surface area contributed by atoms with E-state index < -0.39 is 10.9 Å². The van der Waals surface area contributed by atoms with E-state index in [1.54, 1.807) is 6.92 Å². The van der Waals surface area contributed by atoms with Crippen molar-refractivity contribution in [3.63, 3.8) is 0 Å². The molecule has 28 heavy (non-hydrogen) atoms. The SMILES string of the molecule is CCOC(=O)c1ccc(SCC(=O)Nc2c(C)cc(C)cc2C)c([N+](=O)[O-])c1. The van der Waals surface area contributed by atoms with Crippen LogP contribution in [0.3, 0.4) is 0 Å². The summed E-state index contributed by atoms with van der Waals surface area (Å²) in [4.78, 5) is 35.2. The van der Waals surface area contributed by atoms with Crippen molar-refractivity contribution in [1.29, 1.82) is 0 Å². The maximum Gasteiger partial charge on any atom is 0.338 e. The van der Waals surface area contributed by atoms with Gasteiger partial charge < -0.3 is 10.1 Å². The van der Waals surface area contributed by atoms with Gasteiger partial charge in [0.25, 0.3) is 5.69 Å². The number of aryl methyl sites for hydroxylation is 3. The van der Waals surface area contributed by atoms with Crippen molar-refractivity contribution in [2.45, 2.75) is 32.6 Å². The summed E-state index contributed by atoms with van der Waals surface area (Å²) in [7, 11) is 0. The molecule has 0 atom stereocenters. The van der Waals surface area contributed by atoms with Gasteiger partial charge in [-0.3, -0.25) is 14.9 Å². The Morgan fingerprint density at radius 1 is 1.14 bits per heavy atom. The smallest absolute Gasteiger partial charge is 0.338 e. The van der Waals surface area contributed by atoms with Gasteiger partial charge in [-0.2, -0.15) is 0 Å². The second-order valence-corrected chi connectivity index (χ2v) is 7.29. The van der Waals surface area contributed by atoms with Crippen LogP contribution in [0, 0.1) is 30.9 Å². The Labute approximate surface area is 167 Å². The van der Waals surface area contributed by atoms with Crippen LogP contribution >= 0.6 is 11.8 Å². The molecule has 0 aliphatic carbocycles. The van der Waals surface area contributed by atoms with Gasteiger partial charge in [-0.15, -0.1) is 11.8 Å². The standard InChI is InChI=1S/C20H22N2O5S/c1-5-27-20(24)15-6-7-17(16(10-15)22(25)26)28-11-18(23)21-19-13(3)8-12(2)9-14(19)4/h6-10H,5,11H2,1-4H3,(H,21,23). The number of nitro groups is 1. The lowest BCUT2D eigenvalue weighted by Gasteiger charge is -2.13. The molecule has 2 aromatic rings. The molecular formula is C20H22N2O5S. The number of hydrogen-bond donors (Lipinski definition) is 1. The number of ether oxygens (including phenoxy) is 1. The molecule has 2 rings (SSSR count). The fourth-order valence-electron chi connectivity index (χ4n) is 2.82. The second-order valence-electron chi connectivity index (χ2n) is 6.27. The van der Waals surface area contributed by atoms with E-state index in [1.165, 1.54) is 18.2 Å². The normalized spacial score (nSPS) is 10.4. The number of amides is 1. The Balaban J connectivity index is 2.12. The van der Waals surface area contributed by atoms with Crippen molar-refractivity contribution in [1.82, 2.24) is 0 Å². The van der Waals surface area contributed by atoms with Gasteiger partial charge in [-0.1, -0.05) is 17.7 Å². The minimum atomic E-state index is -0.620. The van der Waals surface area contributed by atoms with Gasteiger partial charge in [0.05, 0.1) is 27.7 Å². The quantitative estimate of drug-likeness (QED) is 0.318. The molecular weight excluding hydrogens is 380 g/mol. The minimum Gasteiger partial charge on any atom is -0.462 e. The van der Waals surface area contributed by atoms with Crippen LogP contribution < -0.4 is 5.32 Å². The second kappa shape index (κ2) is 9.36. The highest BCUT2D eigenvalue weighted by Gasteiger charge is 2.19. The number of thioether (sulfide) groups is 1. The first kappa shape index (κ1) is 21.4. The van der Waals surface area contributed by atoms with E-state index in [-0.39, 0.29) is 29.5 Å². The van der Waals surface area contributed by atoms with Crippen LogP contribution in [0.1, 0.15) is 34.0 Å². The first-order chi connectivity index (χ1) is 13.2. The number of benzene rings is 2. The van der Waals surface area contributed by atoms with Gasteiger partial charge in [0.2, 0.25) is 5.91 Å². The molecule has 0 saturated carbocycles. The zero-order valence-electron chi connectivity index (χ0n) is 16.2. The highest BCUT2D eigenvalue weighted by Crippen LogP contribution is 2.31. The molecule has 0 radical (unpaired) electrons. The first-order valence-corrected chi connectivity index (χ1v) is 9.67. The predicted octanol–water partition coefficient (Wildman–Crippen LogP) is 4.43. The summed E-state index contributed by atoms with van der Waals surface area (Å²) in [5.74, 6) is -0.874. The topological polar surface area (TPSA) is 98.5 Å². The highest BCUT2D eigenvalue weighted by molar-refractivity contribution is 8.00. The number of carbonyl (C=O) groups excluding carboxylic acids is 2. The van der Waals surface area contributed by atoms with Crippen molar-refractivity contribution in [3.05, 3.63) is 62.7 Å². The molecule has 1 N–H and O–H groups in total. The Morgan fingerprint density at radius 3 is 2.36 bits per heavy atom. The van der Waals surface area contributed by atoms with E-state index in [9.17, 15) is 19.7 Å². The number of anilines is 1. The Kier molecular flexibility index (Phi) is 7.17. The van der Waals surface area contributed by atoms with Crippen LogP contribution in [0.4, 0.5) is 11.4 Å². The molecule has 0 spiro atoms. The van der Waals surface area contributed by atoms with Crippen LogP contribution in [-0.4, -0.2) is 29.2 Å². The summed E-state index contributed by atoms with van der Waals surface area (Å²) in [5.41, 5.74) is 3.66. The zero-order valence-corrected chi connectivity index (χ0v) is 17.0. The third kappa shape index (κ3) is 5.32. The summed E-state index contributed by atoms with van der Waals surface area (Å²) in [6, 6.07) is 8.06. The number of esters is 1. The summed E-state index contributed by atoms with van der Waals surface area (Å²) >= 11 is 1.05. The van der Waals surface area contributed by atoms with Crippen molar-refractivity contribution in [2.24, 2.45) is 0 Å². The fraction of sp³-hybridized carbons (Fsp3) is 0.300. The average molecular weight is 402 g/mol. The highest BCUT2D eigenvalue weighted by atomic mass is 32.2. The lowest BCUT2D eigenvalue weighted by molar-refractivity contribution is -0.387. The minimum absolute atomic E-state index is 0.00630. The van der Waals surface area contributed by atoms with E-state index in [2.05, 4.69) is 5.32 Å². The molecule has 0 aliphatic rings. The van der Waals surface area contributed by atoms with Crippen LogP contribution in [0.25, 0.3) is 0 Å². The van der Waals surface area contributed by atoms with E-state index in [4.69, 9.17) is 4.74 Å². The van der Waals surface area contributed by atoms with Gasteiger partial charge in [-0.25, -0.2) is 4.79 Å². The van der Waals surface area contributed by atoms with E-state index >= 15 is 0 Å². The molecule has 2 aromatic carbocycles. The van der Waals surface area contributed by atoms with Gasteiger partial charge in [0.15, 0.2) is 0 Å². The third-order valence-corrected chi connectivity index (χ3v) is 5.03. The fourth-order valence-corrected chi connectivity index (χ4v) is 3.62. The maximum atomic E-state index is 12.3. The average Bonchev–Trinajstić information content (AvgIpc) is 2.62. The Morgan fingerprint density at radius 2 is 1.79 bits per heavy atom. The summed E-state index contributed by atoms with van der Waals surface area (Å²) < 4.78 is 4.87. The van der Waals surface area contributed by atoms with Crippen molar-refractivity contribution < 1.29 is 19.2 Å². The molecule has 0 aromatic heterocycles. The van der Waals surface area contributed by atoms with E-state index in [0.717, 1.165) is 34.1 Å². The molecule has 0 heterocycles. The lowest BCUT2D eigenvalue weighted by atomic mass is 10.1. The number of nitrogens with zero attached hydrogens (tertiary/aromatic N) is 1. The molecule has 0 aliphatic heterocycles. The Hall–Kier alpha value is -2.87. The number of nitrogens with one attached hydrogen (secondary N) is 1. The summed E-state index contributed by atoms with van der Waals surface area (Å²) in [6.07, 6.45) is 0. The molecule has 8 heteroatoms. The number of hydrogen-bond acceptors (Lipinski definition) is 6. The van der Waals surface area contributed by atoms with Crippen molar-refractivity contribution in [3.8, 4) is 0 Å². The predicted molar refractivity (Wildman–Crippen MR) is 109 cm³/mol. The van der Waals surface area contributed by atoms with Crippen molar-refractivity contribution in [2.75, 3.05) is 17.7 Å². The van der Waals surface area contributed by atoms with Gasteiger partial charge in [0, 0.05) is 11.8 Å². The molecule has 7 nitrogen and oxygen atoms in total. The van der Waals surface area contributed by atoms with Gasteiger partial charge >= 0.3 is 5.97 Å². The first-order valence-electron chi connectivity index (χ1n) is 8.69. The van der Waals surface area contributed by atoms with Crippen LogP contribution in [0.2, 0.25) is 0 Å². The summed E-state index contributed by atoms with van der Waals surface area (Å²) in [5, 5.41) is 14.2. The number of nitro benzene ring substituents is 1.